The van der Waals surface area contributed by atoms with Gasteiger partial charge in [-0.05, 0) is 12.8 Å². The predicted octanol–water partition coefficient (Wildman–Crippen LogP) is 2.43. The maximum atomic E-state index is 11.3. The standard InChI is InChI=1S/C10H13NO2S/c12-9(13)10(4-2-1-3-5-10)8-6-14-7-11-8/h6-7H,1-5H2,(H,12,13). The molecule has 76 valence electrons. The van der Waals surface area contributed by atoms with Gasteiger partial charge in [0.2, 0.25) is 0 Å². The first kappa shape index (κ1) is 9.65. The topological polar surface area (TPSA) is 50.2 Å². The minimum atomic E-state index is -0.705. The summed E-state index contributed by atoms with van der Waals surface area (Å²) in [4.78, 5) is 15.5. The Balaban J connectivity index is 2.35. The maximum Gasteiger partial charge on any atom is 0.315 e. The first-order valence-electron chi connectivity index (χ1n) is 4.88. The van der Waals surface area contributed by atoms with Gasteiger partial charge in [-0.1, -0.05) is 19.3 Å². The lowest BCUT2D eigenvalue weighted by Gasteiger charge is -2.31. The fourth-order valence-electron chi connectivity index (χ4n) is 2.18. The van der Waals surface area contributed by atoms with Crippen molar-refractivity contribution in [2.45, 2.75) is 37.5 Å². The third-order valence-electron chi connectivity index (χ3n) is 3.04. The van der Waals surface area contributed by atoms with Gasteiger partial charge in [0.15, 0.2) is 0 Å². The van der Waals surface area contributed by atoms with E-state index in [2.05, 4.69) is 4.98 Å². The summed E-state index contributed by atoms with van der Waals surface area (Å²) in [6.45, 7) is 0. The van der Waals surface area contributed by atoms with Gasteiger partial charge in [-0.3, -0.25) is 4.79 Å². The molecule has 1 aliphatic carbocycles. The normalized spacial score (nSPS) is 20.6. The second-order valence-electron chi connectivity index (χ2n) is 3.82. The van der Waals surface area contributed by atoms with Crippen molar-refractivity contribution in [3.63, 3.8) is 0 Å². The SMILES string of the molecule is O=C(O)C1(c2cscn2)CCCCC1. The number of aliphatic carboxylic acids is 1. The summed E-state index contributed by atoms with van der Waals surface area (Å²) in [5, 5.41) is 11.2. The van der Waals surface area contributed by atoms with Gasteiger partial charge in [0.1, 0.15) is 5.41 Å². The van der Waals surface area contributed by atoms with Crippen molar-refractivity contribution in [3.05, 3.63) is 16.6 Å². The highest BCUT2D eigenvalue weighted by Crippen LogP contribution is 2.39. The Labute approximate surface area is 86.8 Å². The van der Waals surface area contributed by atoms with Gasteiger partial charge in [-0.2, -0.15) is 0 Å². The predicted molar refractivity (Wildman–Crippen MR) is 54.5 cm³/mol. The van der Waals surface area contributed by atoms with Crippen LogP contribution in [0.2, 0.25) is 0 Å². The van der Waals surface area contributed by atoms with E-state index in [9.17, 15) is 9.90 Å². The summed E-state index contributed by atoms with van der Waals surface area (Å²) >= 11 is 1.47. The van der Waals surface area contributed by atoms with Crippen LogP contribution in [0.25, 0.3) is 0 Å². The Kier molecular flexibility index (Phi) is 2.54. The van der Waals surface area contributed by atoms with Crippen LogP contribution in [-0.2, 0) is 10.2 Å². The number of rotatable bonds is 2. The third-order valence-corrected chi connectivity index (χ3v) is 3.63. The van der Waals surface area contributed by atoms with Crippen LogP contribution in [0.5, 0.6) is 0 Å². The molecular weight excluding hydrogens is 198 g/mol. The number of hydrogen-bond acceptors (Lipinski definition) is 3. The minimum absolute atomic E-state index is 0.682. The number of thiazole rings is 1. The molecule has 1 fully saturated rings. The molecule has 2 rings (SSSR count). The van der Waals surface area contributed by atoms with Crippen LogP contribution in [0.4, 0.5) is 0 Å². The van der Waals surface area contributed by atoms with Gasteiger partial charge in [-0.15, -0.1) is 11.3 Å². The smallest absolute Gasteiger partial charge is 0.315 e. The van der Waals surface area contributed by atoms with E-state index >= 15 is 0 Å². The van der Waals surface area contributed by atoms with Gasteiger partial charge in [-0.25, -0.2) is 4.98 Å². The average molecular weight is 211 g/mol. The molecule has 1 saturated carbocycles. The lowest BCUT2D eigenvalue weighted by atomic mass is 9.72. The molecule has 1 N–H and O–H groups in total. The molecule has 1 aliphatic rings. The fraction of sp³-hybridized carbons (Fsp3) is 0.600. The number of carboxylic acids is 1. The second-order valence-corrected chi connectivity index (χ2v) is 4.54. The highest BCUT2D eigenvalue weighted by atomic mass is 32.1. The highest BCUT2D eigenvalue weighted by molar-refractivity contribution is 7.07. The van der Waals surface area contributed by atoms with Crippen LogP contribution in [0.15, 0.2) is 10.9 Å². The van der Waals surface area contributed by atoms with Gasteiger partial charge in [0.25, 0.3) is 0 Å². The molecule has 0 unspecified atom stereocenters. The summed E-state index contributed by atoms with van der Waals surface area (Å²) in [6.07, 6.45) is 4.64. The van der Waals surface area contributed by atoms with E-state index < -0.39 is 11.4 Å². The van der Waals surface area contributed by atoms with Crippen molar-refractivity contribution < 1.29 is 9.90 Å². The van der Waals surface area contributed by atoms with Gasteiger partial charge < -0.3 is 5.11 Å². The first-order chi connectivity index (χ1) is 6.76. The second kappa shape index (κ2) is 3.69. The minimum Gasteiger partial charge on any atom is -0.481 e. The van der Waals surface area contributed by atoms with Crippen LogP contribution < -0.4 is 0 Å². The lowest BCUT2D eigenvalue weighted by molar-refractivity contribution is -0.145. The molecule has 3 nitrogen and oxygen atoms in total. The first-order valence-corrected chi connectivity index (χ1v) is 5.82. The van der Waals surface area contributed by atoms with Crippen molar-refractivity contribution in [2.75, 3.05) is 0 Å². The number of hydrogen-bond donors (Lipinski definition) is 1. The quantitative estimate of drug-likeness (QED) is 0.817. The van der Waals surface area contributed by atoms with Crippen LogP contribution in [0, 0.1) is 0 Å². The number of nitrogens with zero attached hydrogens (tertiary/aromatic N) is 1. The average Bonchev–Trinajstić information content (AvgIpc) is 2.72. The molecule has 1 aromatic rings. The Hall–Kier alpha value is -0.900. The number of carbonyl (C=O) groups is 1. The highest BCUT2D eigenvalue weighted by Gasteiger charge is 2.42. The van der Waals surface area contributed by atoms with Crippen LogP contribution in [0.3, 0.4) is 0 Å². The molecule has 0 amide bonds. The van der Waals surface area contributed by atoms with Crippen molar-refractivity contribution in [3.8, 4) is 0 Å². The zero-order chi connectivity index (χ0) is 10.0. The third kappa shape index (κ3) is 1.43. The van der Waals surface area contributed by atoms with Crippen molar-refractivity contribution in [1.29, 1.82) is 0 Å². The summed E-state index contributed by atoms with van der Waals surface area (Å²) < 4.78 is 0. The molecule has 1 aromatic heterocycles. The molecule has 1 heterocycles. The van der Waals surface area contributed by atoms with Crippen molar-refractivity contribution in [2.24, 2.45) is 0 Å². The largest absolute Gasteiger partial charge is 0.481 e. The Morgan fingerprint density at radius 2 is 2.14 bits per heavy atom. The van der Waals surface area contributed by atoms with E-state index in [0.717, 1.165) is 37.8 Å². The van der Waals surface area contributed by atoms with Crippen molar-refractivity contribution >= 4 is 17.3 Å². The Morgan fingerprint density at radius 1 is 1.43 bits per heavy atom. The zero-order valence-corrected chi connectivity index (χ0v) is 8.72. The summed E-state index contributed by atoms with van der Waals surface area (Å²) in [6, 6.07) is 0. The molecule has 0 spiro atoms. The summed E-state index contributed by atoms with van der Waals surface area (Å²) in [7, 11) is 0. The van der Waals surface area contributed by atoms with Crippen LogP contribution in [0.1, 0.15) is 37.8 Å². The van der Waals surface area contributed by atoms with Crippen molar-refractivity contribution in [1.82, 2.24) is 4.98 Å². The maximum absolute atomic E-state index is 11.3. The van der Waals surface area contributed by atoms with E-state index in [1.807, 2.05) is 5.38 Å². The molecule has 4 heteroatoms. The zero-order valence-electron chi connectivity index (χ0n) is 7.90. The van der Waals surface area contributed by atoms with Gasteiger partial charge in [0.05, 0.1) is 11.2 Å². The van der Waals surface area contributed by atoms with Crippen LogP contribution in [-0.4, -0.2) is 16.1 Å². The van der Waals surface area contributed by atoms with Gasteiger partial charge >= 0.3 is 5.97 Å². The van der Waals surface area contributed by atoms with Crippen LogP contribution >= 0.6 is 11.3 Å². The molecule has 0 radical (unpaired) electrons. The van der Waals surface area contributed by atoms with E-state index in [-0.39, 0.29) is 0 Å². The van der Waals surface area contributed by atoms with E-state index in [1.54, 1.807) is 5.51 Å². The molecule has 0 aromatic carbocycles. The molecule has 0 atom stereocenters. The lowest BCUT2D eigenvalue weighted by Crippen LogP contribution is -2.38. The monoisotopic (exact) mass is 211 g/mol. The molecule has 0 bridgehead atoms. The fourth-order valence-corrected chi connectivity index (χ4v) is 2.83. The Morgan fingerprint density at radius 3 is 2.64 bits per heavy atom. The Bertz CT molecular complexity index is 315. The molecule has 14 heavy (non-hydrogen) atoms. The summed E-state index contributed by atoms with van der Waals surface area (Å²) in [5.41, 5.74) is 1.79. The number of carboxylic acid groups (broad SMARTS) is 1. The molecular formula is C10H13NO2S. The van der Waals surface area contributed by atoms with E-state index in [4.69, 9.17) is 0 Å². The number of aromatic nitrogens is 1. The van der Waals surface area contributed by atoms with Gasteiger partial charge in [0, 0.05) is 5.38 Å². The van der Waals surface area contributed by atoms with E-state index in [1.165, 1.54) is 11.3 Å². The van der Waals surface area contributed by atoms with E-state index in [0.29, 0.717) is 0 Å². The molecule has 0 saturated heterocycles. The molecule has 0 aliphatic heterocycles. The summed E-state index contributed by atoms with van der Waals surface area (Å²) in [5.74, 6) is -0.705.